The van der Waals surface area contributed by atoms with Gasteiger partial charge in [-0.15, -0.1) is 0 Å². The van der Waals surface area contributed by atoms with Crippen molar-refractivity contribution in [3.63, 3.8) is 0 Å². The topological polar surface area (TPSA) is 40.5 Å². The molecule has 2 aliphatic rings. The zero-order valence-electron chi connectivity index (χ0n) is 12.5. The summed E-state index contributed by atoms with van der Waals surface area (Å²) >= 11 is 0. The van der Waals surface area contributed by atoms with E-state index in [-0.39, 0.29) is 0 Å². The molecule has 2 rings (SSSR count). The second kappa shape index (κ2) is 6.25. The summed E-state index contributed by atoms with van der Waals surface area (Å²) < 4.78 is 0. The van der Waals surface area contributed by atoms with Crippen LogP contribution in [0.15, 0.2) is 0 Å². The first-order chi connectivity index (χ1) is 8.99. The second-order valence-electron chi connectivity index (χ2n) is 7.16. The van der Waals surface area contributed by atoms with Gasteiger partial charge in [-0.25, -0.2) is 0 Å². The van der Waals surface area contributed by atoms with Crippen molar-refractivity contribution in [1.82, 2.24) is 4.90 Å². The van der Waals surface area contributed by atoms with Gasteiger partial charge in [0.1, 0.15) is 0 Å². The van der Waals surface area contributed by atoms with Crippen LogP contribution in [-0.4, -0.2) is 35.1 Å². The van der Waals surface area contributed by atoms with Crippen molar-refractivity contribution in [1.29, 1.82) is 0 Å². The molecule has 1 heterocycles. The molecule has 1 N–H and O–H groups in total. The summed E-state index contributed by atoms with van der Waals surface area (Å²) in [6.07, 6.45) is 9.09. The molecule has 3 heteroatoms. The standard InChI is InChI=1S/C16H29NO2/c1-16(2)10-4-3-5-14(16)17-11-8-13(9-12-17)6-7-15(18)19/h13-14H,3-12H2,1-2H3,(H,18,19). The van der Waals surface area contributed by atoms with Gasteiger partial charge in [-0.05, 0) is 56.5 Å². The van der Waals surface area contributed by atoms with E-state index in [0.717, 1.165) is 12.5 Å². The summed E-state index contributed by atoms with van der Waals surface area (Å²) in [6.45, 7) is 7.21. The summed E-state index contributed by atoms with van der Waals surface area (Å²) in [5.74, 6) is -0.00473. The van der Waals surface area contributed by atoms with Crippen LogP contribution in [0.2, 0.25) is 0 Å². The maximum Gasteiger partial charge on any atom is 0.303 e. The first-order valence-electron chi connectivity index (χ1n) is 7.95. The van der Waals surface area contributed by atoms with Gasteiger partial charge in [0.05, 0.1) is 0 Å². The first kappa shape index (κ1) is 14.8. The number of rotatable bonds is 4. The zero-order chi connectivity index (χ0) is 13.9. The Kier molecular flexibility index (Phi) is 4.88. The van der Waals surface area contributed by atoms with E-state index in [2.05, 4.69) is 18.7 Å². The predicted octanol–water partition coefficient (Wildman–Crippen LogP) is 3.53. The quantitative estimate of drug-likeness (QED) is 0.847. The highest BCUT2D eigenvalue weighted by molar-refractivity contribution is 5.66. The van der Waals surface area contributed by atoms with E-state index in [1.54, 1.807) is 0 Å². The van der Waals surface area contributed by atoms with E-state index in [0.29, 0.717) is 17.8 Å². The van der Waals surface area contributed by atoms with Gasteiger partial charge in [0.2, 0.25) is 0 Å². The third kappa shape index (κ3) is 3.95. The highest BCUT2D eigenvalue weighted by Crippen LogP contribution is 2.40. The van der Waals surface area contributed by atoms with E-state index in [1.165, 1.54) is 51.6 Å². The lowest BCUT2D eigenvalue weighted by Crippen LogP contribution is -2.50. The number of aliphatic carboxylic acids is 1. The normalized spacial score (nSPS) is 29.3. The lowest BCUT2D eigenvalue weighted by atomic mass is 9.72. The fourth-order valence-electron chi connectivity index (χ4n) is 4.03. The van der Waals surface area contributed by atoms with E-state index in [4.69, 9.17) is 5.11 Å². The van der Waals surface area contributed by atoms with Crippen molar-refractivity contribution in [2.75, 3.05) is 13.1 Å². The number of piperidine rings is 1. The number of carboxylic acids is 1. The molecule has 1 saturated heterocycles. The second-order valence-corrected chi connectivity index (χ2v) is 7.16. The molecule has 19 heavy (non-hydrogen) atoms. The molecule has 0 bridgehead atoms. The first-order valence-corrected chi connectivity index (χ1v) is 7.95. The number of carboxylic acid groups (broad SMARTS) is 1. The van der Waals surface area contributed by atoms with Crippen LogP contribution >= 0.6 is 0 Å². The number of nitrogens with zero attached hydrogens (tertiary/aromatic N) is 1. The smallest absolute Gasteiger partial charge is 0.303 e. The minimum Gasteiger partial charge on any atom is -0.481 e. The summed E-state index contributed by atoms with van der Waals surface area (Å²) in [4.78, 5) is 13.3. The van der Waals surface area contributed by atoms with Crippen LogP contribution in [0.5, 0.6) is 0 Å². The van der Waals surface area contributed by atoms with Gasteiger partial charge in [-0.3, -0.25) is 9.69 Å². The Morgan fingerprint density at radius 3 is 2.47 bits per heavy atom. The molecule has 1 aliphatic heterocycles. The predicted molar refractivity (Wildman–Crippen MR) is 77.2 cm³/mol. The molecule has 0 spiro atoms. The summed E-state index contributed by atoms with van der Waals surface area (Å²) in [5, 5.41) is 8.76. The largest absolute Gasteiger partial charge is 0.481 e. The molecule has 1 saturated carbocycles. The Labute approximate surface area is 117 Å². The average Bonchev–Trinajstić information content (AvgIpc) is 2.37. The van der Waals surface area contributed by atoms with Crippen molar-refractivity contribution in [3.05, 3.63) is 0 Å². The molecule has 2 fully saturated rings. The number of carbonyl (C=O) groups is 1. The third-order valence-electron chi connectivity index (χ3n) is 5.31. The highest BCUT2D eigenvalue weighted by atomic mass is 16.4. The van der Waals surface area contributed by atoms with Crippen LogP contribution in [0, 0.1) is 11.3 Å². The molecule has 3 nitrogen and oxygen atoms in total. The summed E-state index contributed by atoms with van der Waals surface area (Å²) in [7, 11) is 0. The molecule has 1 unspecified atom stereocenters. The Balaban J connectivity index is 1.80. The van der Waals surface area contributed by atoms with Gasteiger partial charge in [0.15, 0.2) is 0 Å². The Hall–Kier alpha value is -0.570. The van der Waals surface area contributed by atoms with Crippen molar-refractivity contribution in [3.8, 4) is 0 Å². The van der Waals surface area contributed by atoms with E-state index in [9.17, 15) is 4.79 Å². The summed E-state index contributed by atoms with van der Waals surface area (Å²) in [6, 6.07) is 0.752. The van der Waals surface area contributed by atoms with E-state index >= 15 is 0 Å². The fourth-order valence-corrected chi connectivity index (χ4v) is 4.03. The Morgan fingerprint density at radius 2 is 1.89 bits per heavy atom. The number of hydrogen-bond donors (Lipinski definition) is 1. The van der Waals surface area contributed by atoms with Crippen LogP contribution < -0.4 is 0 Å². The van der Waals surface area contributed by atoms with E-state index < -0.39 is 5.97 Å². The van der Waals surface area contributed by atoms with Crippen LogP contribution in [0.1, 0.15) is 65.2 Å². The molecule has 110 valence electrons. The van der Waals surface area contributed by atoms with E-state index in [1.807, 2.05) is 0 Å². The molecular formula is C16H29NO2. The molecule has 0 aromatic heterocycles. The molecule has 0 aromatic carbocycles. The summed E-state index contributed by atoms with van der Waals surface area (Å²) in [5.41, 5.74) is 0.464. The van der Waals surface area contributed by atoms with Crippen LogP contribution in [-0.2, 0) is 4.79 Å². The SMILES string of the molecule is CC1(C)CCCCC1N1CCC(CCC(=O)O)CC1. The minimum atomic E-state index is -0.643. The Bertz CT molecular complexity index is 306. The number of likely N-dealkylation sites (tertiary alicyclic amines) is 1. The molecule has 0 amide bonds. The molecular weight excluding hydrogens is 238 g/mol. The highest BCUT2D eigenvalue weighted by Gasteiger charge is 2.37. The lowest BCUT2D eigenvalue weighted by Gasteiger charge is -2.47. The van der Waals surface area contributed by atoms with Crippen molar-refractivity contribution in [2.24, 2.45) is 11.3 Å². The molecule has 1 atom stereocenters. The molecule has 0 aromatic rings. The van der Waals surface area contributed by atoms with Crippen LogP contribution in [0.4, 0.5) is 0 Å². The van der Waals surface area contributed by atoms with Gasteiger partial charge >= 0.3 is 5.97 Å². The monoisotopic (exact) mass is 267 g/mol. The average molecular weight is 267 g/mol. The van der Waals surface area contributed by atoms with Crippen LogP contribution in [0.25, 0.3) is 0 Å². The van der Waals surface area contributed by atoms with Gasteiger partial charge in [0.25, 0.3) is 0 Å². The van der Waals surface area contributed by atoms with Crippen LogP contribution in [0.3, 0.4) is 0 Å². The maximum absolute atomic E-state index is 10.6. The number of hydrogen-bond acceptors (Lipinski definition) is 2. The molecule has 0 radical (unpaired) electrons. The third-order valence-corrected chi connectivity index (χ3v) is 5.31. The lowest BCUT2D eigenvalue weighted by molar-refractivity contribution is -0.137. The van der Waals surface area contributed by atoms with Gasteiger partial charge in [-0.2, -0.15) is 0 Å². The zero-order valence-corrected chi connectivity index (χ0v) is 12.5. The Morgan fingerprint density at radius 1 is 1.21 bits per heavy atom. The maximum atomic E-state index is 10.6. The molecule has 1 aliphatic carbocycles. The van der Waals surface area contributed by atoms with Crippen molar-refractivity contribution < 1.29 is 9.90 Å². The van der Waals surface area contributed by atoms with Gasteiger partial charge in [-0.1, -0.05) is 26.7 Å². The van der Waals surface area contributed by atoms with Gasteiger partial charge < -0.3 is 5.11 Å². The minimum absolute atomic E-state index is 0.347. The van der Waals surface area contributed by atoms with Crippen molar-refractivity contribution >= 4 is 5.97 Å². The fraction of sp³-hybridized carbons (Fsp3) is 0.938. The van der Waals surface area contributed by atoms with Gasteiger partial charge in [0, 0.05) is 12.5 Å². The van der Waals surface area contributed by atoms with Crippen molar-refractivity contribution in [2.45, 2.75) is 71.3 Å².